The van der Waals surface area contributed by atoms with Gasteiger partial charge in [-0.15, -0.1) is 0 Å². The third-order valence-corrected chi connectivity index (χ3v) is 2.36. The largest absolute Gasteiger partial charge is 0.448 e. The first-order valence-electron chi connectivity index (χ1n) is 5.55. The molecule has 6 heteroatoms. The molecule has 1 heterocycles. The van der Waals surface area contributed by atoms with Crippen molar-refractivity contribution in [1.82, 2.24) is 8.43 Å². The fraction of sp³-hybridized carbons (Fsp3) is 0.727. The molecule has 1 fully saturated rings. The molecule has 0 aromatic heterocycles. The quantitative estimate of drug-likeness (QED) is 0.277. The molecule has 0 saturated carbocycles. The van der Waals surface area contributed by atoms with Crippen LogP contribution in [0.3, 0.4) is 0 Å². The second-order valence-corrected chi connectivity index (χ2v) is 4.13. The Bertz CT molecular complexity index is 252. The van der Waals surface area contributed by atoms with Gasteiger partial charge in [0.1, 0.15) is 0 Å². The van der Waals surface area contributed by atoms with Gasteiger partial charge in [0.15, 0.2) is 0 Å². The third-order valence-electron chi connectivity index (χ3n) is 1.72. The van der Waals surface area contributed by atoms with Crippen molar-refractivity contribution < 1.29 is 14.3 Å². The number of unbranched alkanes of at least 4 members (excludes halogenated alkanes) is 1. The normalized spacial score (nSPS) is 12.9. The molecular weight excluding hydrogens is 335 g/mol. The van der Waals surface area contributed by atoms with E-state index >= 15 is 0 Å². The molecule has 1 N–H and O–H groups in total. The van der Waals surface area contributed by atoms with Crippen molar-refractivity contribution in [3.05, 3.63) is 0 Å². The van der Waals surface area contributed by atoms with Gasteiger partial charge in [-0.05, 0) is 13.3 Å². The van der Waals surface area contributed by atoms with Crippen LogP contribution in [0.4, 0.5) is 4.79 Å². The summed E-state index contributed by atoms with van der Waals surface area (Å²) in [6, 6.07) is 2.57. The molecule has 0 bridgehead atoms. The average molecular weight is 354 g/mol. The molecule has 98 valence electrons. The van der Waals surface area contributed by atoms with Crippen molar-refractivity contribution in [1.29, 1.82) is 0 Å². The van der Waals surface area contributed by atoms with Crippen LogP contribution in [0.25, 0.3) is 0 Å². The number of nitrogens with one attached hydrogen (secondary N) is 1. The van der Waals surface area contributed by atoms with Crippen molar-refractivity contribution in [2.75, 3.05) is 26.5 Å². The van der Waals surface area contributed by atoms with Gasteiger partial charge in [0.25, 0.3) is 0 Å². The Balaban J connectivity index is 0.000000419. The molecule has 0 radical (unpaired) electrons. The summed E-state index contributed by atoms with van der Waals surface area (Å²) >= 11 is 1.80. The first-order valence-corrected chi connectivity index (χ1v) is 6.52. The van der Waals surface area contributed by atoms with Crippen LogP contribution < -0.4 is 5.32 Å². The number of carbonyl (C=O) groups excluding carboxylic acids is 1. The number of hydrogen-bond donors (Lipinski definition) is 1. The van der Waals surface area contributed by atoms with Gasteiger partial charge in [-0.3, -0.25) is 5.32 Å². The van der Waals surface area contributed by atoms with E-state index in [1.165, 1.54) is 3.11 Å². The van der Waals surface area contributed by atoms with Crippen LogP contribution in [0.5, 0.6) is 0 Å². The summed E-state index contributed by atoms with van der Waals surface area (Å²) in [6.07, 6.45) is 1.53. The summed E-state index contributed by atoms with van der Waals surface area (Å²) in [4.78, 5) is 11.0. The number of carbonyl (C=O) groups is 1. The highest BCUT2D eigenvalue weighted by molar-refractivity contribution is 14.1. The van der Waals surface area contributed by atoms with E-state index in [0.29, 0.717) is 6.61 Å². The van der Waals surface area contributed by atoms with Crippen molar-refractivity contribution in [3.8, 4) is 12.0 Å². The first kappa shape index (κ1) is 16.5. The Morgan fingerprint density at radius 1 is 1.65 bits per heavy atom. The molecule has 0 aromatic carbocycles. The van der Waals surface area contributed by atoms with Crippen LogP contribution in [-0.2, 0) is 9.47 Å². The Kier molecular flexibility index (Phi) is 11.6. The first-order chi connectivity index (χ1) is 8.22. The predicted molar refractivity (Wildman–Crippen MR) is 74.4 cm³/mol. The van der Waals surface area contributed by atoms with Crippen LogP contribution in [0.15, 0.2) is 0 Å². The SMILES string of the molecule is C1COCN1.CC#CN(I)C(=O)OCCCC. The highest BCUT2D eigenvalue weighted by Crippen LogP contribution is 2.01. The zero-order valence-electron chi connectivity index (χ0n) is 10.3. The van der Waals surface area contributed by atoms with Crippen LogP contribution in [-0.4, -0.2) is 35.7 Å². The fourth-order valence-corrected chi connectivity index (χ4v) is 1.25. The minimum Gasteiger partial charge on any atom is -0.448 e. The second kappa shape index (κ2) is 12.0. The van der Waals surface area contributed by atoms with Gasteiger partial charge < -0.3 is 9.47 Å². The topological polar surface area (TPSA) is 50.8 Å². The number of halogens is 1. The van der Waals surface area contributed by atoms with E-state index in [1.807, 2.05) is 6.92 Å². The molecule has 0 atom stereocenters. The maximum absolute atomic E-state index is 11.0. The number of nitrogens with zero attached hydrogens (tertiary/aromatic N) is 1. The molecule has 1 aliphatic heterocycles. The third kappa shape index (κ3) is 10.4. The van der Waals surface area contributed by atoms with Crippen LogP contribution in [0.1, 0.15) is 26.7 Å². The highest BCUT2D eigenvalue weighted by Gasteiger charge is 2.07. The van der Waals surface area contributed by atoms with E-state index in [4.69, 9.17) is 9.47 Å². The molecule has 1 aliphatic rings. The molecule has 0 unspecified atom stereocenters. The lowest BCUT2D eigenvalue weighted by atomic mass is 10.4. The summed E-state index contributed by atoms with van der Waals surface area (Å²) < 4.78 is 10.9. The minimum absolute atomic E-state index is 0.390. The van der Waals surface area contributed by atoms with Crippen molar-refractivity contribution in [3.63, 3.8) is 0 Å². The van der Waals surface area contributed by atoms with Gasteiger partial charge in [-0.2, -0.15) is 3.11 Å². The van der Waals surface area contributed by atoms with Gasteiger partial charge in [0.2, 0.25) is 0 Å². The van der Waals surface area contributed by atoms with Gasteiger partial charge in [0.05, 0.1) is 42.8 Å². The molecule has 17 heavy (non-hydrogen) atoms. The molecule has 1 saturated heterocycles. The zero-order valence-corrected chi connectivity index (χ0v) is 12.5. The minimum atomic E-state index is -0.390. The molecule has 1 amide bonds. The van der Waals surface area contributed by atoms with E-state index in [2.05, 4.69) is 17.3 Å². The summed E-state index contributed by atoms with van der Waals surface area (Å²) in [6.45, 7) is 6.85. The van der Waals surface area contributed by atoms with Crippen molar-refractivity contribution in [2.24, 2.45) is 0 Å². The van der Waals surface area contributed by atoms with E-state index in [1.54, 1.807) is 29.8 Å². The van der Waals surface area contributed by atoms with Gasteiger partial charge >= 0.3 is 6.09 Å². The number of amides is 1. The molecular formula is C11H19IN2O3. The summed E-state index contributed by atoms with van der Waals surface area (Å²) in [5.74, 6) is 2.61. The molecule has 0 aliphatic carbocycles. The maximum atomic E-state index is 11.0. The van der Waals surface area contributed by atoms with Crippen molar-refractivity contribution in [2.45, 2.75) is 26.7 Å². The Hall–Kier alpha value is -0.520. The lowest BCUT2D eigenvalue weighted by Gasteiger charge is -2.06. The lowest BCUT2D eigenvalue weighted by molar-refractivity contribution is 0.138. The van der Waals surface area contributed by atoms with E-state index < -0.39 is 6.09 Å². The Morgan fingerprint density at radius 2 is 2.41 bits per heavy atom. The average Bonchev–Trinajstić information content (AvgIpc) is 2.88. The summed E-state index contributed by atoms with van der Waals surface area (Å²) in [5.41, 5.74) is 0. The summed E-state index contributed by atoms with van der Waals surface area (Å²) in [7, 11) is 0. The molecule has 0 spiro atoms. The molecule has 0 aromatic rings. The summed E-state index contributed by atoms with van der Waals surface area (Å²) in [5, 5.41) is 3.00. The van der Waals surface area contributed by atoms with Gasteiger partial charge in [-0.1, -0.05) is 19.3 Å². The predicted octanol–water partition coefficient (Wildman–Crippen LogP) is 2.12. The van der Waals surface area contributed by atoms with Crippen LogP contribution in [0, 0.1) is 12.0 Å². The molecule has 1 rings (SSSR count). The Morgan fingerprint density at radius 3 is 2.82 bits per heavy atom. The highest BCUT2D eigenvalue weighted by atomic mass is 127. The number of hydrogen-bond acceptors (Lipinski definition) is 4. The van der Waals surface area contributed by atoms with Crippen LogP contribution in [0.2, 0.25) is 0 Å². The second-order valence-electron chi connectivity index (χ2n) is 3.16. The monoisotopic (exact) mass is 354 g/mol. The number of rotatable bonds is 3. The maximum Gasteiger partial charge on any atom is 0.430 e. The number of ether oxygens (including phenoxy) is 2. The Labute approximate surface area is 117 Å². The van der Waals surface area contributed by atoms with E-state index in [9.17, 15) is 4.79 Å². The fourth-order valence-electron chi connectivity index (χ4n) is 0.865. The standard InChI is InChI=1S/C8H12INO2.C3H7NO/c1-3-5-7-12-8(11)10(9)6-4-2;1-2-5-3-4-1/h3,5,7H2,1-2H3;4H,1-3H2. The van der Waals surface area contributed by atoms with Crippen molar-refractivity contribution >= 4 is 29.0 Å². The van der Waals surface area contributed by atoms with E-state index in [0.717, 1.165) is 32.7 Å². The lowest BCUT2D eigenvalue weighted by Crippen LogP contribution is -2.17. The van der Waals surface area contributed by atoms with Crippen LogP contribution >= 0.6 is 22.9 Å². The molecule has 5 nitrogen and oxygen atoms in total. The van der Waals surface area contributed by atoms with Gasteiger partial charge in [0, 0.05) is 12.6 Å². The van der Waals surface area contributed by atoms with Gasteiger partial charge in [-0.25, -0.2) is 4.79 Å². The zero-order chi connectivity index (χ0) is 12.9. The smallest absolute Gasteiger partial charge is 0.430 e. The van der Waals surface area contributed by atoms with E-state index in [-0.39, 0.29) is 0 Å².